The maximum atomic E-state index is 13.0. The van der Waals surface area contributed by atoms with E-state index in [1.165, 1.54) is 18.2 Å². The van der Waals surface area contributed by atoms with E-state index in [1.54, 1.807) is 10.9 Å². The molecule has 104 valence electrons. The van der Waals surface area contributed by atoms with Gasteiger partial charge in [-0.3, -0.25) is 4.68 Å². The highest BCUT2D eigenvalue weighted by molar-refractivity contribution is 9.10. The average Bonchev–Trinajstić information content (AvgIpc) is 2.76. The van der Waals surface area contributed by atoms with Crippen molar-refractivity contribution < 1.29 is 9.50 Å². The zero-order chi connectivity index (χ0) is 14.7. The average molecular weight is 358 g/mol. The maximum absolute atomic E-state index is 13.0. The summed E-state index contributed by atoms with van der Waals surface area (Å²) >= 11 is 9.12. The molecule has 0 bridgehead atoms. The van der Waals surface area contributed by atoms with Gasteiger partial charge >= 0.3 is 0 Å². The van der Waals surface area contributed by atoms with Gasteiger partial charge in [0.15, 0.2) is 5.15 Å². The number of hydrogen-bond acceptors (Lipinski definition) is 2. The van der Waals surface area contributed by atoms with Crippen molar-refractivity contribution in [1.82, 2.24) is 9.78 Å². The molecule has 1 atom stereocenters. The van der Waals surface area contributed by atoms with Crippen molar-refractivity contribution in [2.45, 2.75) is 19.6 Å². The maximum Gasteiger partial charge on any atom is 0.166 e. The molecule has 1 aromatic carbocycles. The molecule has 0 fully saturated rings. The van der Waals surface area contributed by atoms with Crippen LogP contribution in [0.4, 0.5) is 4.39 Å². The van der Waals surface area contributed by atoms with Gasteiger partial charge in [0.2, 0.25) is 0 Å². The summed E-state index contributed by atoms with van der Waals surface area (Å²) < 4.78 is 15.1. The first-order chi connectivity index (χ1) is 9.51. The summed E-state index contributed by atoms with van der Waals surface area (Å²) in [5.74, 6) is 5.07. The highest BCUT2D eigenvalue weighted by Gasteiger charge is 2.10. The molecule has 2 aromatic rings. The minimum absolute atomic E-state index is 0.296. The number of nitrogens with zero attached hydrogens (tertiary/aromatic N) is 2. The largest absolute Gasteiger partial charge is 0.376 e. The molecule has 6 heteroatoms. The number of aromatic nitrogens is 2. The fraction of sp³-hybridized carbons (Fsp3) is 0.214. The van der Waals surface area contributed by atoms with Gasteiger partial charge in [0.1, 0.15) is 11.9 Å². The Bertz CT molecular complexity index is 690. The first kappa shape index (κ1) is 15.0. The van der Waals surface area contributed by atoms with E-state index in [1.807, 2.05) is 6.92 Å². The number of hydrogen-bond donors (Lipinski definition) is 1. The lowest BCUT2D eigenvalue weighted by Gasteiger charge is -2.06. The summed E-state index contributed by atoms with van der Waals surface area (Å²) in [6, 6.07) is 4.03. The van der Waals surface area contributed by atoms with Crippen LogP contribution in [-0.2, 0) is 6.54 Å². The van der Waals surface area contributed by atoms with Crippen LogP contribution in [0.25, 0.3) is 0 Å². The Hall–Kier alpha value is -1.35. The summed E-state index contributed by atoms with van der Waals surface area (Å²) in [4.78, 5) is 0. The second-order valence-electron chi connectivity index (χ2n) is 4.03. The molecule has 20 heavy (non-hydrogen) atoms. The van der Waals surface area contributed by atoms with Crippen molar-refractivity contribution in [2.24, 2.45) is 0 Å². The van der Waals surface area contributed by atoms with Crippen LogP contribution in [0.3, 0.4) is 0 Å². The Kier molecular flexibility index (Phi) is 4.81. The monoisotopic (exact) mass is 356 g/mol. The first-order valence-electron chi connectivity index (χ1n) is 5.88. The Morgan fingerprint density at radius 1 is 1.55 bits per heavy atom. The van der Waals surface area contributed by atoms with Gasteiger partial charge in [-0.25, -0.2) is 4.39 Å². The minimum Gasteiger partial charge on any atom is -0.376 e. The molecule has 3 nitrogen and oxygen atoms in total. The fourth-order valence-corrected chi connectivity index (χ4v) is 2.35. The summed E-state index contributed by atoms with van der Waals surface area (Å²) in [5, 5.41) is 14.4. The molecule has 0 saturated heterocycles. The van der Waals surface area contributed by atoms with E-state index in [0.29, 0.717) is 27.3 Å². The van der Waals surface area contributed by atoms with Crippen molar-refractivity contribution in [1.29, 1.82) is 0 Å². The van der Waals surface area contributed by atoms with E-state index in [2.05, 4.69) is 32.9 Å². The van der Waals surface area contributed by atoms with Crippen molar-refractivity contribution >= 4 is 27.5 Å². The smallest absolute Gasteiger partial charge is 0.166 e. The van der Waals surface area contributed by atoms with Crippen LogP contribution in [0.5, 0.6) is 0 Å². The zero-order valence-corrected chi connectivity index (χ0v) is 12.9. The summed E-state index contributed by atoms with van der Waals surface area (Å²) in [5.41, 5.74) is 1.05. The predicted molar refractivity (Wildman–Crippen MR) is 78.8 cm³/mol. The molecule has 1 heterocycles. The molecule has 0 amide bonds. The molecule has 0 spiro atoms. The Labute approximate surface area is 129 Å². The SMILES string of the molecule is CCn1cc(C#CC(O)c2ccc(F)cc2Br)c(Cl)n1. The van der Waals surface area contributed by atoms with E-state index in [9.17, 15) is 9.50 Å². The molecule has 0 aliphatic heterocycles. The topological polar surface area (TPSA) is 38.0 Å². The lowest BCUT2D eigenvalue weighted by Crippen LogP contribution is -1.95. The molecule has 0 aliphatic carbocycles. The van der Waals surface area contributed by atoms with Gasteiger partial charge in [-0.15, -0.1) is 0 Å². The first-order valence-corrected chi connectivity index (χ1v) is 7.06. The number of aliphatic hydroxyl groups is 1. The Morgan fingerprint density at radius 3 is 2.90 bits per heavy atom. The molecule has 0 saturated carbocycles. The zero-order valence-electron chi connectivity index (χ0n) is 10.6. The van der Waals surface area contributed by atoms with Gasteiger partial charge in [0.25, 0.3) is 0 Å². The van der Waals surface area contributed by atoms with Crippen molar-refractivity contribution in [3.63, 3.8) is 0 Å². The van der Waals surface area contributed by atoms with E-state index in [4.69, 9.17) is 11.6 Å². The summed E-state index contributed by atoms with van der Waals surface area (Å²) in [6.07, 6.45) is 0.674. The molecule has 2 rings (SSSR count). The highest BCUT2D eigenvalue weighted by atomic mass is 79.9. The van der Waals surface area contributed by atoms with Crippen molar-refractivity contribution in [3.8, 4) is 11.8 Å². The molecule has 1 aromatic heterocycles. The normalized spacial score (nSPS) is 11.8. The van der Waals surface area contributed by atoms with Crippen LogP contribution >= 0.6 is 27.5 Å². The van der Waals surface area contributed by atoms with Gasteiger partial charge in [0, 0.05) is 22.8 Å². The minimum atomic E-state index is -1.04. The summed E-state index contributed by atoms with van der Waals surface area (Å²) in [7, 11) is 0. The molecular weight excluding hydrogens is 347 g/mol. The van der Waals surface area contributed by atoms with E-state index in [-0.39, 0.29) is 5.82 Å². The molecule has 1 N–H and O–H groups in total. The second kappa shape index (κ2) is 6.40. The predicted octanol–water partition coefficient (Wildman–Crippen LogP) is 3.54. The third-order valence-electron chi connectivity index (χ3n) is 2.64. The van der Waals surface area contributed by atoms with Crippen LogP contribution in [0.15, 0.2) is 28.9 Å². The van der Waals surface area contributed by atoms with Gasteiger partial charge < -0.3 is 5.11 Å². The number of rotatable bonds is 2. The third-order valence-corrected chi connectivity index (χ3v) is 3.61. The number of aryl methyl sites for hydroxylation is 1. The molecule has 0 aliphatic rings. The van der Waals surface area contributed by atoms with Gasteiger partial charge in [0.05, 0.1) is 5.56 Å². The highest BCUT2D eigenvalue weighted by Crippen LogP contribution is 2.24. The molecular formula is C14H11BrClFN2O. The van der Waals surface area contributed by atoms with E-state index in [0.717, 1.165) is 0 Å². The van der Waals surface area contributed by atoms with Gasteiger partial charge in [-0.2, -0.15) is 5.10 Å². The molecule has 0 radical (unpaired) electrons. The fourth-order valence-electron chi connectivity index (χ4n) is 1.59. The van der Waals surface area contributed by atoms with Crippen molar-refractivity contribution in [3.05, 3.63) is 51.0 Å². The number of benzene rings is 1. The van der Waals surface area contributed by atoms with Crippen molar-refractivity contribution in [2.75, 3.05) is 0 Å². The molecule has 1 unspecified atom stereocenters. The number of aliphatic hydroxyl groups excluding tert-OH is 1. The van der Waals surface area contributed by atoms with Crippen LogP contribution in [0.2, 0.25) is 5.15 Å². The van der Waals surface area contributed by atoms with Crippen LogP contribution < -0.4 is 0 Å². The van der Waals surface area contributed by atoms with Crippen LogP contribution in [0, 0.1) is 17.7 Å². The Balaban J connectivity index is 2.25. The van der Waals surface area contributed by atoms with E-state index >= 15 is 0 Å². The second-order valence-corrected chi connectivity index (χ2v) is 5.24. The summed E-state index contributed by atoms with van der Waals surface area (Å²) in [6.45, 7) is 2.62. The lowest BCUT2D eigenvalue weighted by atomic mass is 10.1. The van der Waals surface area contributed by atoms with Crippen LogP contribution in [0.1, 0.15) is 24.2 Å². The number of halogens is 3. The quantitative estimate of drug-likeness (QED) is 0.835. The lowest BCUT2D eigenvalue weighted by molar-refractivity contribution is 0.237. The standard InChI is InChI=1S/C14H11BrClFN2O/c1-2-19-8-9(14(16)18-19)3-6-13(20)11-5-4-10(17)7-12(11)15/h4-5,7-8,13,20H,2H2,1H3. The van der Waals surface area contributed by atoms with Gasteiger partial charge in [-0.1, -0.05) is 45.4 Å². The Morgan fingerprint density at radius 2 is 2.30 bits per heavy atom. The van der Waals surface area contributed by atoms with E-state index < -0.39 is 6.10 Å². The van der Waals surface area contributed by atoms with Gasteiger partial charge in [-0.05, 0) is 19.1 Å². The third kappa shape index (κ3) is 3.40. The van der Waals surface area contributed by atoms with Crippen LogP contribution in [-0.4, -0.2) is 14.9 Å².